The van der Waals surface area contributed by atoms with Gasteiger partial charge in [-0.3, -0.25) is 0 Å². The van der Waals surface area contributed by atoms with Gasteiger partial charge in [0.1, 0.15) is 0 Å². The highest BCUT2D eigenvalue weighted by molar-refractivity contribution is 5.21. The van der Waals surface area contributed by atoms with Gasteiger partial charge in [0.05, 0.1) is 6.10 Å². The third kappa shape index (κ3) is 4.74. The molecule has 0 aromatic carbocycles. The summed E-state index contributed by atoms with van der Waals surface area (Å²) in [5.41, 5.74) is 3.21. The lowest BCUT2D eigenvalue weighted by atomic mass is 9.32. The Morgan fingerprint density at radius 3 is 2.33 bits per heavy atom. The largest absolute Gasteiger partial charge is 0.393 e. The SMILES string of the molecule is C=C(C)[C@@H]1CC[C@]2(CC(C)NCCCN3CCCC3)CC[C@]3(C)[C@H](CC[C@@H]4[C@@]5(C)CC[C@H](O)C(C)(C)[C@@H]5CC[C@]43C)[C@@H]12. The monoisotopic (exact) mass is 581 g/mol. The van der Waals surface area contributed by atoms with Crippen LogP contribution in [0.2, 0.25) is 0 Å². The molecule has 11 atom stereocenters. The van der Waals surface area contributed by atoms with Crippen molar-refractivity contribution < 1.29 is 5.11 Å². The predicted octanol–water partition coefficient (Wildman–Crippen LogP) is 8.86. The van der Waals surface area contributed by atoms with Crippen molar-refractivity contribution >= 4 is 0 Å². The van der Waals surface area contributed by atoms with Gasteiger partial charge < -0.3 is 15.3 Å². The predicted molar refractivity (Wildman–Crippen MR) is 177 cm³/mol. The first-order chi connectivity index (χ1) is 19.8. The van der Waals surface area contributed by atoms with E-state index in [0.717, 1.165) is 24.2 Å². The van der Waals surface area contributed by atoms with Crippen LogP contribution in [-0.2, 0) is 0 Å². The molecule has 3 heteroatoms. The zero-order valence-corrected chi connectivity index (χ0v) is 28.9. The molecule has 42 heavy (non-hydrogen) atoms. The molecule has 1 heterocycles. The molecule has 0 spiro atoms. The van der Waals surface area contributed by atoms with E-state index in [1.807, 2.05) is 0 Å². The van der Waals surface area contributed by atoms with E-state index in [1.165, 1.54) is 115 Å². The molecule has 0 aromatic heterocycles. The summed E-state index contributed by atoms with van der Waals surface area (Å²) >= 11 is 0. The number of fused-ring (bicyclic) bond motifs is 7. The van der Waals surface area contributed by atoms with Crippen LogP contribution in [0.25, 0.3) is 0 Å². The molecule has 6 fully saturated rings. The number of aliphatic hydroxyl groups is 1. The molecule has 0 bridgehead atoms. The molecule has 6 aliphatic rings. The van der Waals surface area contributed by atoms with Crippen molar-refractivity contribution in [2.24, 2.45) is 56.7 Å². The van der Waals surface area contributed by atoms with Crippen molar-refractivity contribution in [3.8, 4) is 0 Å². The van der Waals surface area contributed by atoms with Gasteiger partial charge >= 0.3 is 0 Å². The van der Waals surface area contributed by atoms with E-state index in [-0.39, 0.29) is 11.5 Å². The van der Waals surface area contributed by atoms with Gasteiger partial charge in [0, 0.05) is 6.04 Å². The van der Waals surface area contributed by atoms with Crippen molar-refractivity contribution in [1.82, 2.24) is 10.2 Å². The molecule has 0 amide bonds. The third-order valence-corrected chi connectivity index (χ3v) is 16.3. The van der Waals surface area contributed by atoms with Gasteiger partial charge in [-0.25, -0.2) is 0 Å². The van der Waals surface area contributed by atoms with Crippen LogP contribution in [0.15, 0.2) is 12.2 Å². The molecule has 1 aliphatic heterocycles. The summed E-state index contributed by atoms with van der Waals surface area (Å²) in [6.45, 7) is 27.6. The molecule has 6 rings (SSSR count). The van der Waals surface area contributed by atoms with Gasteiger partial charge in [-0.05, 0) is 187 Å². The number of nitrogens with zero attached hydrogens (tertiary/aromatic N) is 1. The number of hydrogen-bond donors (Lipinski definition) is 2. The maximum absolute atomic E-state index is 11.1. The first kappa shape index (κ1) is 31.6. The summed E-state index contributed by atoms with van der Waals surface area (Å²) in [7, 11) is 0. The smallest absolute Gasteiger partial charge is 0.0594 e. The fourth-order valence-corrected chi connectivity index (χ4v) is 14.0. The van der Waals surface area contributed by atoms with Crippen LogP contribution < -0.4 is 5.32 Å². The summed E-state index contributed by atoms with van der Waals surface area (Å²) < 4.78 is 0. The lowest BCUT2D eigenvalue weighted by Gasteiger charge is -2.73. The van der Waals surface area contributed by atoms with Crippen LogP contribution in [0.3, 0.4) is 0 Å². The first-order valence-electron chi connectivity index (χ1n) is 18.6. The molecule has 240 valence electrons. The molecule has 0 aromatic rings. The van der Waals surface area contributed by atoms with Crippen molar-refractivity contribution in [3.05, 3.63) is 12.2 Å². The Morgan fingerprint density at radius 1 is 0.881 bits per heavy atom. The number of hydrogen-bond acceptors (Lipinski definition) is 3. The third-order valence-electron chi connectivity index (χ3n) is 16.3. The van der Waals surface area contributed by atoms with E-state index < -0.39 is 0 Å². The molecule has 3 nitrogen and oxygen atoms in total. The first-order valence-corrected chi connectivity index (χ1v) is 18.6. The Kier molecular flexibility index (Phi) is 8.39. The van der Waals surface area contributed by atoms with Crippen LogP contribution in [0.1, 0.15) is 138 Å². The second-order valence-corrected chi connectivity index (χ2v) is 18.4. The maximum Gasteiger partial charge on any atom is 0.0594 e. The molecule has 2 N–H and O–H groups in total. The van der Waals surface area contributed by atoms with Crippen LogP contribution in [0.4, 0.5) is 0 Å². The highest BCUT2D eigenvalue weighted by Crippen LogP contribution is 2.77. The Balaban J connectivity index is 1.22. The second-order valence-electron chi connectivity index (χ2n) is 18.4. The van der Waals surface area contributed by atoms with E-state index in [4.69, 9.17) is 0 Å². The number of likely N-dealkylation sites (tertiary alicyclic amines) is 1. The molecule has 0 radical (unpaired) electrons. The van der Waals surface area contributed by atoms with Gasteiger partial charge in [-0.15, -0.1) is 0 Å². The molecule has 1 saturated heterocycles. The Labute approximate surface area is 260 Å². The van der Waals surface area contributed by atoms with Crippen LogP contribution in [0, 0.1) is 56.7 Å². The minimum atomic E-state index is -0.132. The highest BCUT2D eigenvalue weighted by Gasteiger charge is 2.70. The zero-order valence-electron chi connectivity index (χ0n) is 28.9. The molecule has 1 unspecified atom stereocenters. The van der Waals surface area contributed by atoms with Crippen LogP contribution >= 0.6 is 0 Å². The normalized spacial score (nSPS) is 49.0. The van der Waals surface area contributed by atoms with Gasteiger partial charge in [0.15, 0.2) is 0 Å². The average Bonchev–Trinajstić information content (AvgIpc) is 3.58. The molecular weight excluding hydrogens is 512 g/mol. The van der Waals surface area contributed by atoms with Gasteiger partial charge in [0.25, 0.3) is 0 Å². The molecule has 5 saturated carbocycles. The van der Waals surface area contributed by atoms with Crippen molar-refractivity contribution in [2.45, 2.75) is 151 Å². The lowest BCUT2D eigenvalue weighted by molar-refractivity contribution is -0.248. The number of nitrogens with one attached hydrogen (secondary N) is 1. The number of allylic oxidation sites excluding steroid dienone is 1. The molecule has 5 aliphatic carbocycles. The highest BCUT2D eigenvalue weighted by atomic mass is 16.3. The maximum atomic E-state index is 11.1. The average molecular weight is 581 g/mol. The fourth-order valence-electron chi connectivity index (χ4n) is 14.0. The van der Waals surface area contributed by atoms with Gasteiger partial charge in [-0.2, -0.15) is 0 Å². The minimum absolute atomic E-state index is 0.0436. The quantitative estimate of drug-likeness (QED) is 0.222. The number of aliphatic hydroxyl groups excluding tert-OH is 1. The van der Waals surface area contributed by atoms with E-state index in [2.05, 4.69) is 65.3 Å². The van der Waals surface area contributed by atoms with E-state index in [1.54, 1.807) is 0 Å². The van der Waals surface area contributed by atoms with Crippen molar-refractivity contribution in [2.75, 3.05) is 26.2 Å². The fraction of sp³-hybridized carbons (Fsp3) is 0.949. The summed E-state index contributed by atoms with van der Waals surface area (Å²) in [5, 5.41) is 15.1. The Morgan fingerprint density at radius 2 is 1.62 bits per heavy atom. The van der Waals surface area contributed by atoms with Crippen molar-refractivity contribution in [1.29, 1.82) is 0 Å². The summed E-state index contributed by atoms with van der Waals surface area (Å²) in [4.78, 5) is 2.67. The summed E-state index contributed by atoms with van der Waals surface area (Å²) in [5.74, 6) is 3.82. The van der Waals surface area contributed by atoms with E-state index in [0.29, 0.717) is 39.5 Å². The lowest BCUT2D eigenvalue weighted by Crippen LogP contribution is -2.66. The number of rotatable bonds is 8. The standard InChI is InChI=1S/C39H68N2O/c1-27(2)29-14-19-39(26-28(3)40-22-11-25-41-23-9-10-24-41)21-20-37(7)30(34(29)39)12-13-32-36(6)17-16-33(42)35(4,5)31(36)15-18-38(32,37)8/h28-34,40,42H,1,9-26H2,2-8H3/t28?,29-,30+,31-,32+,33-,34+,36-,37+,38+,39+/m0/s1. The Hall–Kier alpha value is -0.380. The van der Waals surface area contributed by atoms with Gasteiger partial charge in [-0.1, -0.05) is 46.8 Å². The van der Waals surface area contributed by atoms with Crippen molar-refractivity contribution in [3.63, 3.8) is 0 Å². The summed E-state index contributed by atoms with van der Waals surface area (Å²) in [6.07, 6.45) is 18.7. The second kappa shape index (κ2) is 11.2. The zero-order chi connectivity index (χ0) is 30.1. The van der Waals surface area contributed by atoms with E-state index in [9.17, 15) is 5.11 Å². The topological polar surface area (TPSA) is 35.5 Å². The van der Waals surface area contributed by atoms with Crippen LogP contribution in [0.5, 0.6) is 0 Å². The van der Waals surface area contributed by atoms with E-state index >= 15 is 0 Å². The summed E-state index contributed by atoms with van der Waals surface area (Å²) in [6, 6.07) is 0.608. The Bertz CT molecular complexity index is 1000. The minimum Gasteiger partial charge on any atom is -0.393 e. The van der Waals surface area contributed by atoms with Crippen LogP contribution in [-0.4, -0.2) is 48.3 Å². The van der Waals surface area contributed by atoms with Gasteiger partial charge in [0.2, 0.25) is 0 Å². The molecular formula is C39H68N2O.